The van der Waals surface area contributed by atoms with Gasteiger partial charge >= 0.3 is 0 Å². The van der Waals surface area contributed by atoms with Gasteiger partial charge < -0.3 is 19.9 Å². The molecule has 6 rings (SSSR count). The molecule has 0 spiro atoms. The maximum Gasteiger partial charge on any atom is 0.108 e. The summed E-state index contributed by atoms with van der Waals surface area (Å²) in [7, 11) is 0. The summed E-state index contributed by atoms with van der Waals surface area (Å²) in [5.74, 6) is 1.01. The fraction of sp³-hybridized carbons (Fsp3) is 0.562. The highest BCUT2D eigenvalue weighted by Gasteiger charge is 2.63. The molecule has 4 unspecified atom stereocenters. The van der Waals surface area contributed by atoms with Crippen LogP contribution in [0, 0.1) is 17.3 Å². The van der Waals surface area contributed by atoms with Crippen LogP contribution >= 0.6 is 0 Å². The van der Waals surface area contributed by atoms with Gasteiger partial charge in [0.1, 0.15) is 12.2 Å². The highest BCUT2D eigenvalue weighted by atomic mass is 16.5. The molecule has 2 heterocycles. The van der Waals surface area contributed by atoms with Gasteiger partial charge in [0.15, 0.2) is 0 Å². The van der Waals surface area contributed by atoms with Crippen LogP contribution in [0.25, 0.3) is 17.0 Å². The van der Waals surface area contributed by atoms with Crippen molar-refractivity contribution in [1.29, 1.82) is 0 Å². The Balaban J connectivity index is 1.45. The lowest BCUT2D eigenvalue weighted by Gasteiger charge is -2.61. The van der Waals surface area contributed by atoms with Crippen molar-refractivity contribution in [1.82, 2.24) is 4.98 Å². The molecule has 7 atom stereocenters. The molecule has 1 aliphatic heterocycles. The Morgan fingerprint density at radius 3 is 2.72 bits per heavy atom. The van der Waals surface area contributed by atoms with E-state index in [0.29, 0.717) is 11.8 Å². The summed E-state index contributed by atoms with van der Waals surface area (Å²) in [6.45, 7) is 14.7. The fourth-order valence-corrected chi connectivity index (χ4v) is 8.38. The van der Waals surface area contributed by atoms with Gasteiger partial charge in [0.05, 0.1) is 11.7 Å². The molecule has 3 aliphatic carbocycles. The number of ether oxygens (including phenoxy) is 1. The SMILES string of the molecule is C=C(C)C1OC2CC[C@@]3(C)C(CCC4Cc5c([nH]c6cccc(/C=C/C(C)(C)O)c56)[C@@]43C)C2=C[C@H]1O. The van der Waals surface area contributed by atoms with Gasteiger partial charge in [-0.1, -0.05) is 50.8 Å². The van der Waals surface area contributed by atoms with Gasteiger partial charge in [-0.2, -0.15) is 0 Å². The molecule has 4 nitrogen and oxygen atoms in total. The van der Waals surface area contributed by atoms with E-state index in [1.165, 1.54) is 39.7 Å². The first-order chi connectivity index (χ1) is 16.9. The van der Waals surface area contributed by atoms with E-state index in [4.69, 9.17) is 4.74 Å². The Bertz CT molecular complexity index is 1290. The molecular weight excluding hydrogens is 446 g/mol. The number of aliphatic hydroxyl groups excluding tert-OH is 1. The number of H-pyrrole nitrogens is 1. The van der Waals surface area contributed by atoms with Crippen molar-refractivity contribution in [3.8, 4) is 0 Å². The summed E-state index contributed by atoms with van der Waals surface area (Å²) in [6.07, 6.45) is 10.8. The van der Waals surface area contributed by atoms with E-state index in [1.807, 2.05) is 26.8 Å². The summed E-state index contributed by atoms with van der Waals surface area (Å²) in [4.78, 5) is 3.91. The Labute approximate surface area is 215 Å². The second-order valence-corrected chi connectivity index (χ2v) is 13.0. The van der Waals surface area contributed by atoms with Crippen LogP contribution < -0.4 is 0 Å². The van der Waals surface area contributed by atoms with Crippen molar-refractivity contribution in [3.63, 3.8) is 0 Å². The molecule has 4 heteroatoms. The standard InChI is InChI=1S/C32H41NO3/c1-18(2)28-25(34)17-21-23-11-10-20-16-22-27-19(12-14-30(3,4)35)8-7-9-24(27)33-29(22)32(20,6)31(23,5)15-13-26(21)36-28/h7-9,12,14,17,20,23,25-26,28,33-35H,1,10-11,13,15-16H2,2-6H3/b14-12+/t20?,23?,25-,26?,28?,31+,32-/m1/s1. The van der Waals surface area contributed by atoms with Gasteiger partial charge in [-0.15, -0.1) is 0 Å². The number of benzene rings is 1. The van der Waals surface area contributed by atoms with Crippen molar-refractivity contribution in [2.75, 3.05) is 0 Å². The molecule has 3 N–H and O–H groups in total. The Kier molecular flexibility index (Phi) is 5.33. The minimum Gasteiger partial charge on any atom is -0.386 e. The zero-order valence-corrected chi connectivity index (χ0v) is 22.4. The Morgan fingerprint density at radius 1 is 1.22 bits per heavy atom. The van der Waals surface area contributed by atoms with Crippen LogP contribution in [0.3, 0.4) is 0 Å². The first-order valence-electron chi connectivity index (χ1n) is 13.7. The lowest BCUT2D eigenvalue weighted by Crippen LogP contribution is -2.58. The molecule has 4 aliphatic rings. The molecule has 0 amide bonds. The average Bonchev–Trinajstić information content (AvgIpc) is 3.31. The normalized spacial score (nSPS) is 37.9. The van der Waals surface area contributed by atoms with Crippen LogP contribution in [0.2, 0.25) is 0 Å². The number of rotatable bonds is 3. The number of nitrogens with one attached hydrogen (secondary N) is 1. The zero-order valence-electron chi connectivity index (χ0n) is 22.4. The summed E-state index contributed by atoms with van der Waals surface area (Å²) in [6, 6.07) is 6.47. The third kappa shape index (κ3) is 3.30. The minimum atomic E-state index is -0.843. The van der Waals surface area contributed by atoms with E-state index in [-0.39, 0.29) is 23.0 Å². The average molecular weight is 488 g/mol. The number of aromatic amines is 1. The van der Waals surface area contributed by atoms with Gasteiger partial charge in [0, 0.05) is 22.0 Å². The maximum atomic E-state index is 10.9. The molecule has 1 aromatic heterocycles. The number of aliphatic hydroxyl groups is 2. The molecule has 2 fully saturated rings. The van der Waals surface area contributed by atoms with Gasteiger partial charge in [-0.25, -0.2) is 0 Å². The topological polar surface area (TPSA) is 65.5 Å². The molecule has 0 saturated heterocycles. The maximum absolute atomic E-state index is 10.9. The van der Waals surface area contributed by atoms with Crippen LogP contribution in [0.1, 0.15) is 77.1 Å². The van der Waals surface area contributed by atoms with E-state index >= 15 is 0 Å². The third-order valence-electron chi connectivity index (χ3n) is 10.3. The van der Waals surface area contributed by atoms with E-state index < -0.39 is 11.7 Å². The van der Waals surface area contributed by atoms with Crippen molar-refractivity contribution in [2.24, 2.45) is 17.3 Å². The molecule has 0 radical (unpaired) electrons. The summed E-state index contributed by atoms with van der Waals surface area (Å²) >= 11 is 0. The largest absolute Gasteiger partial charge is 0.386 e. The van der Waals surface area contributed by atoms with Crippen molar-refractivity contribution < 1.29 is 14.9 Å². The third-order valence-corrected chi connectivity index (χ3v) is 10.3. The van der Waals surface area contributed by atoms with Crippen molar-refractivity contribution in [2.45, 2.75) is 96.1 Å². The van der Waals surface area contributed by atoms with Crippen LogP contribution in [0.4, 0.5) is 0 Å². The highest BCUT2D eigenvalue weighted by Crippen LogP contribution is 2.68. The van der Waals surface area contributed by atoms with Crippen molar-refractivity contribution >= 4 is 17.0 Å². The number of fused-ring (bicyclic) bond motifs is 9. The molecule has 192 valence electrons. The predicted octanol–water partition coefficient (Wildman–Crippen LogP) is 6.22. The quantitative estimate of drug-likeness (QED) is 0.450. The fourth-order valence-electron chi connectivity index (χ4n) is 8.38. The smallest absolute Gasteiger partial charge is 0.108 e. The first kappa shape index (κ1) is 24.2. The molecule has 2 saturated carbocycles. The van der Waals surface area contributed by atoms with Gasteiger partial charge in [0.2, 0.25) is 0 Å². The zero-order chi connectivity index (χ0) is 25.6. The highest BCUT2D eigenvalue weighted by molar-refractivity contribution is 5.93. The molecule has 0 bridgehead atoms. The van der Waals surface area contributed by atoms with Gasteiger partial charge in [-0.3, -0.25) is 0 Å². The predicted molar refractivity (Wildman–Crippen MR) is 146 cm³/mol. The van der Waals surface area contributed by atoms with Crippen LogP contribution in [-0.2, 0) is 16.6 Å². The van der Waals surface area contributed by atoms with E-state index in [0.717, 1.165) is 31.3 Å². The monoisotopic (exact) mass is 487 g/mol. The second-order valence-electron chi connectivity index (χ2n) is 13.0. The molecule has 2 aromatic rings. The molecule has 36 heavy (non-hydrogen) atoms. The van der Waals surface area contributed by atoms with E-state index in [9.17, 15) is 10.2 Å². The summed E-state index contributed by atoms with van der Waals surface area (Å²) in [5.41, 5.74) is 6.75. The summed E-state index contributed by atoms with van der Waals surface area (Å²) < 4.78 is 6.44. The number of hydrogen-bond donors (Lipinski definition) is 3. The summed E-state index contributed by atoms with van der Waals surface area (Å²) in [5, 5.41) is 22.5. The van der Waals surface area contributed by atoms with E-state index in [1.54, 1.807) is 0 Å². The second kappa shape index (κ2) is 7.93. The Hall–Kier alpha value is -2.14. The first-order valence-corrected chi connectivity index (χ1v) is 13.7. The minimum absolute atomic E-state index is 0.0312. The molecular formula is C32H41NO3. The van der Waals surface area contributed by atoms with Gasteiger partial charge in [0.25, 0.3) is 0 Å². The van der Waals surface area contributed by atoms with Crippen LogP contribution in [-0.4, -0.2) is 39.1 Å². The van der Waals surface area contributed by atoms with Gasteiger partial charge in [-0.05, 0) is 98.5 Å². The van der Waals surface area contributed by atoms with Crippen LogP contribution in [0.5, 0.6) is 0 Å². The number of hydrogen-bond acceptors (Lipinski definition) is 3. The lowest BCUT2D eigenvalue weighted by atomic mass is 9.44. The van der Waals surface area contributed by atoms with Crippen molar-refractivity contribution in [3.05, 3.63) is 64.9 Å². The number of aromatic nitrogens is 1. The molecule has 1 aromatic carbocycles. The van der Waals surface area contributed by atoms with E-state index in [2.05, 4.69) is 55.8 Å². The lowest BCUT2D eigenvalue weighted by molar-refractivity contribution is -0.101. The van der Waals surface area contributed by atoms with Crippen LogP contribution in [0.15, 0.2) is 48.1 Å². The Morgan fingerprint density at radius 2 is 2.00 bits per heavy atom.